The number of rotatable bonds is 6. The third-order valence-corrected chi connectivity index (χ3v) is 6.59. The van der Waals surface area contributed by atoms with Crippen LogP contribution >= 0.6 is 0 Å². The Morgan fingerprint density at radius 1 is 1.21 bits per heavy atom. The lowest BCUT2D eigenvalue weighted by Gasteiger charge is -2.23. The van der Waals surface area contributed by atoms with Gasteiger partial charge in [0.05, 0.1) is 7.11 Å². The van der Waals surface area contributed by atoms with Crippen molar-refractivity contribution in [1.29, 1.82) is 0 Å². The van der Waals surface area contributed by atoms with Crippen molar-refractivity contribution in [1.82, 2.24) is 9.44 Å². The molecule has 0 radical (unpaired) electrons. The number of halogens is 3. The smallest absolute Gasteiger partial charge is 0.402 e. The molecule has 2 aliphatic rings. The van der Waals surface area contributed by atoms with Crippen LogP contribution in [-0.2, 0) is 32.6 Å². The fraction of sp³-hybridized carbons (Fsp3) is 0.526. The van der Waals surface area contributed by atoms with E-state index in [1.807, 2.05) is 18.2 Å². The molecule has 1 aromatic carbocycles. The molecule has 0 spiro atoms. The van der Waals surface area contributed by atoms with Crippen molar-refractivity contribution in [2.45, 2.75) is 37.9 Å². The summed E-state index contributed by atoms with van der Waals surface area (Å²) in [5.41, 5.74) is 2.99. The molecule has 29 heavy (non-hydrogen) atoms. The van der Waals surface area contributed by atoms with E-state index in [-0.39, 0.29) is 11.8 Å². The van der Waals surface area contributed by atoms with Crippen LogP contribution < -0.4 is 9.44 Å². The number of carbonyl (C=O) groups is 1. The van der Waals surface area contributed by atoms with Crippen LogP contribution in [0.3, 0.4) is 0 Å². The molecule has 0 unspecified atom stereocenters. The summed E-state index contributed by atoms with van der Waals surface area (Å²) in [6, 6.07) is 5.38. The van der Waals surface area contributed by atoms with Gasteiger partial charge in [0, 0.05) is 12.1 Å². The van der Waals surface area contributed by atoms with E-state index in [2.05, 4.69) is 9.46 Å². The second-order valence-corrected chi connectivity index (χ2v) is 9.01. The standard InChI is InChI=1S/C19H23F3N2O4S/c1-28-17(25)7-3-12-2-4-13-9-14-5-6-15(10-16(13)8-12)18(14)24-29(26,27)23-11-19(20,21)22/h2-4,7-8,14-15,18,23-24H,5-6,9-11H2,1H3/b7-3+/t14-,15+,18+/m0/s1. The van der Waals surface area contributed by atoms with Gasteiger partial charge in [0.1, 0.15) is 6.54 Å². The monoisotopic (exact) mass is 432 g/mol. The molecule has 160 valence electrons. The maximum Gasteiger partial charge on any atom is 0.402 e. The van der Waals surface area contributed by atoms with E-state index in [9.17, 15) is 26.4 Å². The predicted octanol–water partition coefficient (Wildman–Crippen LogP) is 2.35. The molecule has 0 aromatic heterocycles. The van der Waals surface area contributed by atoms with Crippen LogP contribution in [0.4, 0.5) is 13.2 Å². The van der Waals surface area contributed by atoms with E-state index in [1.54, 1.807) is 10.8 Å². The first kappa shape index (κ1) is 21.8. The van der Waals surface area contributed by atoms with Gasteiger partial charge in [0.15, 0.2) is 0 Å². The van der Waals surface area contributed by atoms with E-state index in [0.717, 1.165) is 29.5 Å². The van der Waals surface area contributed by atoms with Gasteiger partial charge in [-0.15, -0.1) is 0 Å². The van der Waals surface area contributed by atoms with E-state index in [1.165, 1.54) is 13.2 Å². The lowest BCUT2D eigenvalue weighted by Crippen LogP contribution is -2.49. The average Bonchev–Trinajstić information content (AvgIpc) is 2.91. The molecule has 1 fully saturated rings. The molecule has 0 saturated heterocycles. The Hall–Kier alpha value is -1.91. The summed E-state index contributed by atoms with van der Waals surface area (Å²) in [7, 11) is -2.96. The SMILES string of the molecule is COC(=O)/C=C/c1ccc2c(c1)C[C@H]1CC[C@@H](C2)[C@H]1NS(=O)(=O)NCC(F)(F)F. The first-order valence-electron chi connectivity index (χ1n) is 9.28. The van der Waals surface area contributed by atoms with E-state index in [4.69, 9.17) is 0 Å². The van der Waals surface area contributed by atoms with Crippen molar-refractivity contribution in [3.63, 3.8) is 0 Å². The van der Waals surface area contributed by atoms with Crippen molar-refractivity contribution < 1.29 is 31.1 Å². The topological polar surface area (TPSA) is 84.5 Å². The number of hydrogen-bond donors (Lipinski definition) is 2. The van der Waals surface area contributed by atoms with Crippen LogP contribution in [0, 0.1) is 11.8 Å². The highest BCUT2D eigenvalue weighted by atomic mass is 32.2. The molecule has 10 heteroatoms. The number of carbonyl (C=O) groups excluding carboxylic acids is 1. The van der Waals surface area contributed by atoms with Crippen LogP contribution in [0.25, 0.3) is 6.08 Å². The highest BCUT2D eigenvalue weighted by molar-refractivity contribution is 7.87. The van der Waals surface area contributed by atoms with Gasteiger partial charge < -0.3 is 4.74 Å². The van der Waals surface area contributed by atoms with Gasteiger partial charge in [-0.2, -0.15) is 31.0 Å². The molecular weight excluding hydrogens is 409 g/mol. The van der Waals surface area contributed by atoms with Gasteiger partial charge in [0.25, 0.3) is 10.2 Å². The summed E-state index contributed by atoms with van der Waals surface area (Å²) in [5, 5.41) is 0. The quantitative estimate of drug-likeness (QED) is 0.534. The fourth-order valence-corrected chi connectivity index (χ4v) is 5.34. The second-order valence-electron chi connectivity index (χ2n) is 7.47. The zero-order chi connectivity index (χ0) is 21.2. The van der Waals surface area contributed by atoms with Crippen molar-refractivity contribution in [3.8, 4) is 0 Å². The van der Waals surface area contributed by atoms with Crippen LogP contribution in [0.1, 0.15) is 29.5 Å². The zero-order valence-corrected chi connectivity index (χ0v) is 16.6. The Kier molecular flexibility index (Phi) is 6.35. The highest BCUT2D eigenvalue weighted by Crippen LogP contribution is 2.40. The molecule has 0 amide bonds. The first-order chi connectivity index (χ1) is 13.6. The number of methoxy groups -OCH3 is 1. The Balaban J connectivity index is 1.74. The molecule has 2 bridgehead atoms. The number of nitrogens with one attached hydrogen (secondary N) is 2. The Morgan fingerprint density at radius 3 is 2.48 bits per heavy atom. The zero-order valence-electron chi connectivity index (χ0n) is 15.8. The number of benzene rings is 1. The Morgan fingerprint density at radius 2 is 1.86 bits per heavy atom. The summed E-state index contributed by atoms with van der Waals surface area (Å²) in [6.45, 7) is -1.60. The minimum Gasteiger partial charge on any atom is -0.466 e. The summed E-state index contributed by atoms with van der Waals surface area (Å²) in [4.78, 5) is 11.3. The van der Waals surface area contributed by atoms with Crippen LogP contribution in [-0.4, -0.2) is 40.3 Å². The van der Waals surface area contributed by atoms with Gasteiger partial charge in [-0.1, -0.05) is 18.2 Å². The van der Waals surface area contributed by atoms with Gasteiger partial charge in [0.2, 0.25) is 0 Å². The second kappa shape index (κ2) is 8.45. The number of alkyl halides is 3. The number of ether oxygens (including phenoxy) is 1. The van der Waals surface area contributed by atoms with Crippen molar-refractivity contribution in [2.75, 3.05) is 13.7 Å². The fourth-order valence-electron chi connectivity index (χ4n) is 4.16. The summed E-state index contributed by atoms with van der Waals surface area (Å²) in [6.07, 6.45) is 1.27. The van der Waals surface area contributed by atoms with Gasteiger partial charge >= 0.3 is 12.1 Å². The molecule has 1 saturated carbocycles. The third-order valence-electron chi connectivity index (χ3n) is 5.49. The summed E-state index contributed by atoms with van der Waals surface area (Å²) >= 11 is 0. The van der Waals surface area contributed by atoms with E-state index < -0.39 is 34.9 Å². The van der Waals surface area contributed by atoms with Crippen LogP contribution in [0.2, 0.25) is 0 Å². The molecule has 0 heterocycles. The van der Waals surface area contributed by atoms with Crippen LogP contribution in [0.15, 0.2) is 24.3 Å². The number of esters is 1. The lowest BCUT2D eigenvalue weighted by molar-refractivity contribution is -0.134. The highest BCUT2D eigenvalue weighted by Gasteiger charge is 2.41. The lowest BCUT2D eigenvalue weighted by atomic mass is 9.92. The van der Waals surface area contributed by atoms with Crippen molar-refractivity contribution >= 4 is 22.3 Å². The molecule has 2 N–H and O–H groups in total. The van der Waals surface area contributed by atoms with Crippen molar-refractivity contribution in [2.24, 2.45) is 11.8 Å². The summed E-state index contributed by atoms with van der Waals surface area (Å²) in [5.74, 6) is -0.427. The molecule has 6 nitrogen and oxygen atoms in total. The molecular formula is C19H23F3N2O4S. The third kappa shape index (κ3) is 5.80. The average molecular weight is 432 g/mol. The molecule has 0 aliphatic heterocycles. The van der Waals surface area contributed by atoms with Crippen LogP contribution in [0.5, 0.6) is 0 Å². The maximum absolute atomic E-state index is 12.4. The Bertz CT molecular complexity index is 899. The Labute approximate surface area is 167 Å². The predicted molar refractivity (Wildman–Crippen MR) is 101 cm³/mol. The van der Waals surface area contributed by atoms with Gasteiger partial charge in [-0.25, -0.2) is 4.79 Å². The molecule has 1 aromatic rings. The number of fused-ring (bicyclic) bond motifs is 3. The largest absolute Gasteiger partial charge is 0.466 e. The minimum atomic E-state index is -4.61. The van der Waals surface area contributed by atoms with E-state index in [0.29, 0.717) is 12.8 Å². The number of hydrogen-bond acceptors (Lipinski definition) is 4. The van der Waals surface area contributed by atoms with Gasteiger partial charge in [-0.3, -0.25) is 0 Å². The molecule has 2 aliphatic carbocycles. The van der Waals surface area contributed by atoms with Gasteiger partial charge in [-0.05, 0) is 60.3 Å². The molecule has 3 rings (SSSR count). The normalized spacial score (nSPS) is 24.3. The van der Waals surface area contributed by atoms with Crippen molar-refractivity contribution in [3.05, 3.63) is 41.0 Å². The first-order valence-corrected chi connectivity index (χ1v) is 10.8. The molecule has 3 atom stereocenters. The van der Waals surface area contributed by atoms with E-state index >= 15 is 0 Å². The minimum absolute atomic E-state index is 0.00329. The maximum atomic E-state index is 12.4. The summed E-state index contributed by atoms with van der Waals surface area (Å²) < 4.78 is 69.9.